The summed E-state index contributed by atoms with van der Waals surface area (Å²) in [5, 5.41) is 14.1. The summed E-state index contributed by atoms with van der Waals surface area (Å²) in [4.78, 5) is 19.7. The first-order chi connectivity index (χ1) is 9.18. The standard InChI is InChI=1S/C13H17N3O2S/c17-12(18)13(16-9-1-2-9)5-3-10(7-13)19-11-4-6-14-8-15-11/h4,6,8-10,16H,1-3,5,7H2,(H,17,18). The quantitative estimate of drug-likeness (QED) is 0.799. The maximum absolute atomic E-state index is 11.6. The van der Waals surface area contributed by atoms with E-state index in [0.717, 1.165) is 24.3 Å². The van der Waals surface area contributed by atoms with Gasteiger partial charge in [-0.1, -0.05) is 0 Å². The number of thioether (sulfide) groups is 1. The molecule has 2 atom stereocenters. The summed E-state index contributed by atoms with van der Waals surface area (Å²) in [7, 11) is 0. The average Bonchev–Trinajstić information content (AvgIpc) is 3.11. The first kappa shape index (κ1) is 12.9. The third-order valence-electron chi connectivity index (χ3n) is 3.78. The molecular weight excluding hydrogens is 262 g/mol. The van der Waals surface area contributed by atoms with Gasteiger partial charge in [0.05, 0.1) is 5.03 Å². The monoisotopic (exact) mass is 279 g/mol. The van der Waals surface area contributed by atoms with E-state index in [1.54, 1.807) is 18.0 Å². The maximum Gasteiger partial charge on any atom is 0.323 e. The summed E-state index contributed by atoms with van der Waals surface area (Å²) in [5.74, 6) is -0.704. The van der Waals surface area contributed by atoms with Crippen LogP contribution in [-0.2, 0) is 4.79 Å². The van der Waals surface area contributed by atoms with Crippen molar-refractivity contribution in [2.24, 2.45) is 0 Å². The molecule has 1 heterocycles. The summed E-state index contributed by atoms with van der Waals surface area (Å²) in [6.45, 7) is 0. The molecule has 2 fully saturated rings. The molecule has 0 aliphatic heterocycles. The number of carboxylic acid groups (broad SMARTS) is 1. The predicted molar refractivity (Wildman–Crippen MR) is 72.1 cm³/mol. The van der Waals surface area contributed by atoms with Gasteiger partial charge in [-0.3, -0.25) is 10.1 Å². The second-order valence-electron chi connectivity index (χ2n) is 5.34. The van der Waals surface area contributed by atoms with E-state index in [0.29, 0.717) is 24.1 Å². The first-order valence-electron chi connectivity index (χ1n) is 6.62. The minimum absolute atomic E-state index is 0.317. The lowest BCUT2D eigenvalue weighted by Crippen LogP contribution is -2.51. The molecule has 3 rings (SSSR count). The number of aromatic nitrogens is 2. The van der Waals surface area contributed by atoms with Crippen LogP contribution in [0.1, 0.15) is 32.1 Å². The highest BCUT2D eigenvalue weighted by Gasteiger charge is 2.48. The van der Waals surface area contributed by atoms with Crippen molar-refractivity contribution in [3.05, 3.63) is 18.6 Å². The summed E-state index contributed by atoms with van der Waals surface area (Å²) in [5.41, 5.74) is -0.716. The molecule has 6 heteroatoms. The Labute approximate surface area is 116 Å². The van der Waals surface area contributed by atoms with E-state index in [1.807, 2.05) is 6.07 Å². The van der Waals surface area contributed by atoms with Gasteiger partial charge in [0.25, 0.3) is 0 Å². The molecule has 1 aromatic heterocycles. The van der Waals surface area contributed by atoms with Gasteiger partial charge in [-0.15, -0.1) is 11.8 Å². The van der Waals surface area contributed by atoms with Gasteiger partial charge in [-0.25, -0.2) is 9.97 Å². The fraction of sp³-hybridized carbons (Fsp3) is 0.615. The summed E-state index contributed by atoms with van der Waals surface area (Å²) in [6, 6.07) is 2.29. The summed E-state index contributed by atoms with van der Waals surface area (Å²) >= 11 is 1.66. The van der Waals surface area contributed by atoms with Crippen molar-refractivity contribution in [2.45, 2.75) is 54.0 Å². The topological polar surface area (TPSA) is 75.1 Å². The molecule has 2 aliphatic carbocycles. The van der Waals surface area contributed by atoms with Crippen LogP contribution in [0.3, 0.4) is 0 Å². The van der Waals surface area contributed by atoms with Crippen molar-refractivity contribution in [2.75, 3.05) is 0 Å². The minimum atomic E-state index is -0.716. The Balaban J connectivity index is 1.65. The lowest BCUT2D eigenvalue weighted by Gasteiger charge is -2.26. The first-order valence-corrected chi connectivity index (χ1v) is 7.50. The Hall–Kier alpha value is -1.14. The van der Waals surface area contributed by atoms with E-state index in [4.69, 9.17) is 0 Å². The molecule has 2 N–H and O–H groups in total. The van der Waals surface area contributed by atoms with Crippen molar-refractivity contribution < 1.29 is 9.90 Å². The largest absolute Gasteiger partial charge is 0.480 e. The van der Waals surface area contributed by atoms with Gasteiger partial charge in [0.1, 0.15) is 11.9 Å². The van der Waals surface area contributed by atoms with Gasteiger partial charge in [-0.05, 0) is 38.2 Å². The fourth-order valence-corrected chi connectivity index (χ4v) is 3.82. The zero-order chi connectivity index (χ0) is 13.3. The van der Waals surface area contributed by atoms with Crippen LogP contribution in [-0.4, -0.2) is 37.9 Å². The fourth-order valence-electron chi connectivity index (χ4n) is 2.63. The van der Waals surface area contributed by atoms with Crippen LogP contribution in [0.2, 0.25) is 0 Å². The van der Waals surface area contributed by atoms with Crippen molar-refractivity contribution in [3.8, 4) is 0 Å². The van der Waals surface area contributed by atoms with Crippen LogP contribution >= 0.6 is 11.8 Å². The van der Waals surface area contributed by atoms with Crippen LogP contribution in [0.25, 0.3) is 0 Å². The number of nitrogens with one attached hydrogen (secondary N) is 1. The number of carboxylic acids is 1. The van der Waals surface area contributed by atoms with Crippen molar-refractivity contribution in [1.29, 1.82) is 0 Å². The Kier molecular flexibility index (Phi) is 3.45. The Morgan fingerprint density at radius 2 is 2.32 bits per heavy atom. The van der Waals surface area contributed by atoms with Crippen LogP contribution in [0, 0.1) is 0 Å². The van der Waals surface area contributed by atoms with Crippen molar-refractivity contribution >= 4 is 17.7 Å². The van der Waals surface area contributed by atoms with Gasteiger partial charge in [0.2, 0.25) is 0 Å². The van der Waals surface area contributed by atoms with E-state index in [2.05, 4.69) is 15.3 Å². The molecule has 19 heavy (non-hydrogen) atoms. The summed E-state index contributed by atoms with van der Waals surface area (Å²) in [6.07, 6.45) is 7.77. The molecule has 0 aromatic carbocycles. The molecule has 2 unspecified atom stereocenters. The molecule has 102 valence electrons. The van der Waals surface area contributed by atoms with E-state index in [9.17, 15) is 9.90 Å². The average molecular weight is 279 g/mol. The number of nitrogens with zero attached hydrogens (tertiary/aromatic N) is 2. The Bertz CT molecular complexity index is 466. The lowest BCUT2D eigenvalue weighted by molar-refractivity contribution is -0.144. The molecular formula is C13H17N3O2S. The van der Waals surface area contributed by atoms with Crippen LogP contribution < -0.4 is 5.32 Å². The van der Waals surface area contributed by atoms with E-state index in [1.165, 1.54) is 6.33 Å². The van der Waals surface area contributed by atoms with Crippen LogP contribution in [0.15, 0.2) is 23.6 Å². The maximum atomic E-state index is 11.6. The smallest absolute Gasteiger partial charge is 0.323 e. The van der Waals surface area contributed by atoms with Crippen LogP contribution in [0.4, 0.5) is 0 Å². The Morgan fingerprint density at radius 1 is 1.47 bits per heavy atom. The number of carbonyl (C=O) groups is 1. The molecule has 0 saturated heterocycles. The van der Waals surface area contributed by atoms with Crippen molar-refractivity contribution in [1.82, 2.24) is 15.3 Å². The third-order valence-corrected chi connectivity index (χ3v) is 5.00. The molecule has 5 nitrogen and oxygen atoms in total. The molecule has 1 aromatic rings. The molecule has 0 radical (unpaired) electrons. The number of aliphatic carboxylic acids is 1. The SMILES string of the molecule is O=C(O)C1(NC2CC2)CCC(Sc2ccncn2)C1. The number of hydrogen-bond acceptors (Lipinski definition) is 5. The normalized spacial score (nSPS) is 30.4. The predicted octanol–water partition coefficient (Wildman–Crippen LogP) is 1.70. The highest BCUT2D eigenvalue weighted by molar-refractivity contribution is 7.99. The Morgan fingerprint density at radius 3 is 2.95 bits per heavy atom. The van der Waals surface area contributed by atoms with Gasteiger partial charge in [0, 0.05) is 17.5 Å². The van der Waals surface area contributed by atoms with Crippen molar-refractivity contribution in [3.63, 3.8) is 0 Å². The van der Waals surface area contributed by atoms with E-state index < -0.39 is 11.5 Å². The van der Waals surface area contributed by atoms with Gasteiger partial charge >= 0.3 is 5.97 Å². The molecule has 0 bridgehead atoms. The van der Waals surface area contributed by atoms with Gasteiger partial charge < -0.3 is 5.11 Å². The molecule has 0 spiro atoms. The highest BCUT2D eigenvalue weighted by Crippen LogP contribution is 2.41. The lowest BCUT2D eigenvalue weighted by atomic mass is 9.98. The third kappa shape index (κ3) is 2.90. The minimum Gasteiger partial charge on any atom is -0.480 e. The highest BCUT2D eigenvalue weighted by atomic mass is 32.2. The number of hydrogen-bond donors (Lipinski definition) is 2. The zero-order valence-electron chi connectivity index (χ0n) is 10.6. The van der Waals surface area contributed by atoms with Crippen LogP contribution in [0.5, 0.6) is 0 Å². The summed E-state index contributed by atoms with van der Waals surface area (Å²) < 4.78 is 0. The zero-order valence-corrected chi connectivity index (χ0v) is 11.4. The molecule has 2 saturated carbocycles. The van der Waals surface area contributed by atoms with Gasteiger partial charge in [-0.2, -0.15) is 0 Å². The van der Waals surface area contributed by atoms with E-state index in [-0.39, 0.29) is 0 Å². The number of rotatable bonds is 5. The second-order valence-corrected chi connectivity index (χ2v) is 6.66. The van der Waals surface area contributed by atoms with Gasteiger partial charge in [0.15, 0.2) is 0 Å². The van der Waals surface area contributed by atoms with E-state index >= 15 is 0 Å². The second kappa shape index (κ2) is 5.09. The molecule has 0 amide bonds. The molecule has 2 aliphatic rings.